The van der Waals surface area contributed by atoms with Gasteiger partial charge in [0.15, 0.2) is 23.1 Å². The molecule has 0 saturated carbocycles. The highest BCUT2D eigenvalue weighted by atomic mass is 35.5. The SMILES string of the molecule is O=C(NCCc1ccc2c(c1)OCO2)[C@@H]1C[C@H](NCc2ccc(F)c(F)c2)CN1Cc1ccc(Cl)cc1. The first-order valence-electron chi connectivity index (χ1n) is 12.3. The van der Waals surface area contributed by atoms with Crippen molar-refractivity contribution in [3.05, 3.63) is 94.0 Å². The van der Waals surface area contributed by atoms with Crippen LogP contribution < -0.4 is 20.1 Å². The van der Waals surface area contributed by atoms with Gasteiger partial charge in [0.05, 0.1) is 6.04 Å². The third kappa shape index (κ3) is 6.39. The molecule has 2 N–H and O–H groups in total. The second-order valence-corrected chi connectivity index (χ2v) is 9.80. The van der Waals surface area contributed by atoms with Crippen molar-refractivity contribution in [3.63, 3.8) is 0 Å². The molecule has 2 heterocycles. The van der Waals surface area contributed by atoms with Gasteiger partial charge in [0.1, 0.15) is 0 Å². The predicted molar refractivity (Wildman–Crippen MR) is 137 cm³/mol. The molecule has 3 aromatic rings. The molecule has 1 amide bonds. The maximum atomic E-state index is 13.6. The average Bonchev–Trinajstić information content (AvgIpc) is 3.53. The third-order valence-corrected chi connectivity index (χ3v) is 6.99. The van der Waals surface area contributed by atoms with Crippen LogP contribution in [0.3, 0.4) is 0 Å². The number of likely N-dealkylation sites (tertiary alicyclic amines) is 1. The lowest BCUT2D eigenvalue weighted by atomic mass is 10.1. The van der Waals surface area contributed by atoms with Crippen molar-refractivity contribution in [3.8, 4) is 11.5 Å². The number of carbonyl (C=O) groups excluding carboxylic acids is 1. The Balaban J connectivity index is 1.20. The number of hydrogen-bond acceptors (Lipinski definition) is 5. The highest BCUT2D eigenvalue weighted by molar-refractivity contribution is 6.30. The number of rotatable bonds is 9. The van der Waals surface area contributed by atoms with Crippen molar-refractivity contribution in [1.82, 2.24) is 15.5 Å². The van der Waals surface area contributed by atoms with Gasteiger partial charge in [-0.3, -0.25) is 9.69 Å². The molecule has 0 bridgehead atoms. The fourth-order valence-electron chi connectivity index (χ4n) is 4.78. The summed E-state index contributed by atoms with van der Waals surface area (Å²) in [5.74, 6) is -0.305. The molecular formula is C28H28ClF2N3O3. The van der Waals surface area contributed by atoms with Crippen LogP contribution in [0, 0.1) is 11.6 Å². The van der Waals surface area contributed by atoms with Gasteiger partial charge in [-0.25, -0.2) is 8.78 Å². The molecular weight excluding hydrogens is 500 g/mol. The van der Waals surface area contributed by atoms with Gasteiger partial charge in [-0.2, -0.15) is 0 Å². The monoisotopic (exact) mass is 527 g/mol. The number of nitrogens with one attached hydrogen (secondary N) is 2. The van der Waals surface area contributed by atoms with Crippen LogP contribution in [0.2, 0.25) is 5.02 Å². The number of nitrogens with zero attached hydrogens (tertiary/aromatic N) is 1. The largest absolute Gasteiger partial charge is 0.454 e. The predicted octanol–water partition coefficient (Wildman–Crippen LogP) is 4.44. The van der Waals surface area contributed by atoms with E-state index in [9.17, 15) is 13.6 Å². The molecule has 0 aliphatic carbocycles. The quantitative estimate of drug-likeness (QED) is 0.431. The van der Waals surface area contributed by atoms with E-state index in [0.29, 0.717) is 49.6 Å². The standard InChI is InChI=1S/C28H28ClF2N3O3/c29-21-5-1-19(2-6-21)15-34-16-22(33-14-20-3-7-23(30)24(31)11-20)13-25(34)28(35)32-10-9-18-4-8-26-27(12-18)37-17-36-26/h1-8,11-12,22,25,33H,9-10,13-17H2,(H,32,35)/t22-,25-/m0/s1. The van der Waals surface area contributed by atoms with Crippen LogP contribution in [-0.4, -0.2) is 42.8 Å². The maximum Gasteiger partial charge on any atom is 0.237 e. The fourth-order valence-corrected chi connectivity index (χ4v) is 4.91. The van der Waals surface area contributed by atoms with E-state index in [4.69, 9.17) is 21.1 Å². The summed E-state index contributed by atoms with van der Waals surface area (Å²) in [7, 11) is 0. The molecule has 1 saturated heterocycles. The van der Waals surface area contributed by atoms with Gasteiger partial charge in [0.2, 0.25) is 12.7 Å². The molecule has 2 aliphatic heterocycles. The first-order valence-corrected chi connectivity index (χ1v) is 12.6. The van der Waals surface area contributed by atoms with Gasteiger partial charge >= 0.3 is 0 Å². The number of hydrogen-bond donors (Lipinski definition) is 2. The Labute approximate surface area is 219 Å². The van der Waals surface area contributed by atoms with Crippen LogP contribution in [0.1, 0.15) is 23.1 Å². The third-order valence-electron chi connectivity index (χ3n) is 6.73. The first-order chi connectivity index (χ1) is 17.9. The van der Waals surface area contributed by atoms with Crippen LogP contribution in [-0.2, 0) is 24.3 Å². The van der Waals surface area contributed by atoms with Crippen molar-refractivity contribution in [2.45, 2.75) is 38.0 Å². The minimum Gasteiger partial charge on any atom is -0.454 e. The number of benzene rings is 3. The molecule has 1 fully saturated rings. The highest BCUT2D eigenvalue weighted by Gasteiger charge is 2.36. The van der Waals surface area contributed by atoms with Crippen LogP contribution in [0.4, 0.5) is 8.78 Å². The number of amides is 1. The van der Waals surface area contributed by atoms with E-state index in [1.807, 2.05) is 42.5 Å². The lowest BCUT2D eigenvalue weighted by Crippen LogP contribution is -2.43. The minimum atomic E-state index is -0.866. The van der Waals surface area contributed by atoms with Crippen molar-refractivity contribution >= 4 is 17.5 Å². The average molecular weight is 528 g/mol. The van der Waals surface area contributed by atoms with Crippen LogP contribution in [0.5, 0.6) is 11.5 Å². The molecule has 2 aliphatic rings. The molecule has 0 unspecified atom stereocenters. The van der Waals surface area contributed by atoms with E-state index in [1.165, 1.54) is 6.07 Å². The molecule has 0 aromatic heterocycles. The summed E-state index contributed by atoms with van der Waals surface area (Å²) in [6.07, 6.45) is 1.28. The van der Waals surface area contributed by atoms with E-state index in [0.717, 1.165) is 28.7 Å². The molecule has 5 rings (SSSR count). The van der Waals surface area contributed by atoms with Crippen LogP contribution in [0.15, 0.2) is 60.7 Å². The smallest absolute Gasteiger partial charge is 0.237 e. The Morgan fingerprint density at radius 2 is 1.70 bits per heavy atom. The zero-order valence-corrected chi connectivity index (χ0v) is 20.9. The summed E-state index contributed by atoms with van der Waals surface area (Å²) in [4.78, 5) is 15.4. The second kappa shape index (κ2) is 11.5. The van der Waals surface area contributed by atoms with Crippen molar-refractivity contribution < 1.29 is 23.0 Å². The summed E-state index contributed by atoms with van der Waals surface area (Å²) >= 11 is 6.04. The molecule has 0 spiro atoms. The van der Waals surface area contributed by atoms with Gasteiger partial charge in [-0.15, -0.1) is 0 Å². The van der Waals surface area contributed by atoms with Crippen molar-refractivity contribution in [2.75, 3.05) is 19.9 Å². The van der Waals surface area contributed by atoms with E-state index in [2.05, 4.69) is 15.5 Å². The van der Waals surface area contributed by atoms with Gasteiger partial charge in [-0.1, -0.05) is 35.9 Å². The molecule has 2 atom stereocenters. The van der Waals surface area contributed by atoms with Crippen molar-refractivity contribution in [1.29, 1.82) is 0 Å². The van der Waals surface area contributed by atoms with Crippen LogP contribution in [0.25, 0.3) is 0 Å². The Morgan fingerprint density at radius 1 is 0.946 bits per heavy atom. The molecule has 3 aromatic carbocycles. The Kier molecular flexibility index (Phi) is 7.88. The Hall–Kier alpha value is -3.20. The molecule has 194 valence electrons. The maximum absolute atomic E-state index is 13.6. The number of fused-ring (bicyclic) bond motifs is 1. The molecule has 0 radical (unpaired) electrons. The fraction of sp³-hybridized carbons (Fsp3) is 0.321. The van der Waals surface area contributed by atoms with E-state index in [1.54, 1.807) is 6.07 Å². The molecule has 9 heteroatoms. The Bertz CT molecular complexity index is 1260. The summed E-state index contributed by atoms with van der Waals surface area (Å²) in [6.45, 7) is 2.35. The van der Waals surface area contributed by atoms with E-state index in [-0.39, 0.29) is 24.8 Å². The van der Waals surface area contributed by atoms with Crippen LogP contribution >= 0.6 is 11.6 Å². The highest BCUT2D eigenvalue weighted by Crippen LogP contribution is 2.32. The summed E-state index contributed by atoms with van der Waals surface area (Å²) in [6, 6.07) is 17.0. The Morgan fingerprint density at radius 3 is 2.51 bits per heavy atom. The van der Waals surface area contributed by atoms with Gasteiger partial charge in [0.25, 0.3) is 0 Å². The molecule has 37 heavy (non-hydrogen) atoms. The van der Waals surface area contributed by atoms with Crippen molar-refractivity contribution in [2.24, 2.45) is 0 Å². The molecule has 6 nitrogen and oxygen atoms in total. The summed E-state index contributed by atoms with van der Waals surface area (Å²) in [5.41, 5.74) is 2.77. The first kappa shape index (κ1) is 25.4. The second-order valence-electron chi connectivity index (χ2n) is 9.36. The number of halogens is 3. The topological polar surface area (TPSA) is 62.8 Å². The summed E-state index contributed by atoms with van der Waals surface area (Å²) < 4.78 is 37.7. The summed E-state index contributed by atoms with van der Waals surface area (Å²) in [5, 5.41) is 7.14. The lowest BCUT2D eigenvalue weighted by molar-refractivity contribution is -0.125. The number of ether oxygens (including phenoxy) is 2. The lowest BCUT2D eigenvalue weighted by Gasteiger charge is -2.23. The normalized spacial score (nSPS) is 18.8. The van der Waals surface area contributed by atoms with E-state index < -0.39 is 11.6 Å². The minimum absolute atomic E-state index is 0.0185. The van der Waals surface area contributed by atoms with E-state index >= 15 is 0 Å². The zero-order valence-electron chi connectivity index (χ0n) is 20.2. The number of carbonyl (C=O) groups is 1. The van der Waals surface area contributed by atoms with Gasteiger partial charge in [-0.05, 0) is 65.9 Å². The van der Waals surface area contributed by atoms with Gasteiger partial charge in [0, 0.05) is 37.2 Å². The van der Waals surface area contributed by atoms with Gasteiger partial charge < -0.3 is 20.1 Å². The zero-order chi connectivity index (χ0) is 25.8.